The van der Waals surface area contributed by atoms with Crippen LogP contribution in [0.4, 0.5) is 0 Å². The smallest absolute Gasteiger partial charge is 0.203 e. The highest BCUT2D eigenvalue weighted by Crippen LogP contribution is 2.40. The van der Waals surface area contributed by atoms with Crippen molar-refractivity contribution in [1.29, 1.82) is 0 Å². The fourth-order valence-electron chi connectivity index (χ4n) is 2.74. The van der Waals surface area contributed by atoms with Gasteiger partial charge in [0, 0.05) is 10.9 Å². The molecule has 1 aromatic heterocycles. The molecule has 0 aliphatic carbocycles. The number of methoxy groups -OCH3 is 3. The minimum atomic E-state index is -0.200. The zero-order valence-electron chi connectivity index (χ0n) is 14.3. The third kappa shape index (κ3) is 2.98. The number of benzene rings is 2. The lowest BCUT2D eigenvalue weighted by molar-refractivity contribution is 0.103. The van der Waals surface area contributed by atoms with Crippen LogP contribution in [0.5, 0.6) is 17.2 Å². The number of hydrogen-bond acceptors (Lipinski definition) is 5. The van der Waals surface area contributed by atoms with E-state index in [0.717, 1.165) is 10.9 Å². The molecule has 0 N–H and O–H groups in total. The van der Waals surface area contributed by atoms with Crippen molar-refractivity contribution in [2.75, 3.05) is 21.3 Å². The molecule has 0 fully saturated rings. The third-order valence-electron chi connectivity index (χ3n) is 3.96. The standard InChI is InChI=1S/C19H17BrO5/c1-10-5-6-12-13(7-10)25-19(20)16(12)17(21)11-8-14(22-2)18(24-4)15(9-11)23-3/h5-9H,1-4H3. The summed E-state index contributed by atoms with van der Waals surface area (Å²) in [7, 11) is 4.54. The summed E-state index contributed by atoms with van der Waals surface area (Å²) in [6.07, 6.45) is 0. The topological polar surface area (TPSA) is 57.9 Å². The lowest BCUT2D eigenvalue weighted by Gasteiger charge is -2.13. The molecule has 0 radical (unpaired) electrons. The number of fused-ring (bicyclic) bond motifs is 1. The van der Waals surface area contributed by atoms with Gasteiger partial charge in [0.15, 0.2) is 22.0 Å². The maximum absolute atomic E-state index is 13.1. The van der Waals surface area contributed by atoms with Crippen LogP contribution < -0.4 is 14.2 Å². The van der Waals surface area contributed by atoms with Gasteiger partial charge < -0.3 is 18.6 Å². The minimum absolute atomic E-state index is 0.200. The number of ketones is 1. The van der Waals surface area contributed by atoms with E-state index in [2.05, 4.69) is 15.9 Å². The summed E-state index contributed by atoms with van der Waals surface area (Å²) >= 11 is 3.36. The number of carbonyl (C=O) groups is 1. The summed E-state index contributed by atoms with van der Waals surface area (Å²) in [5, 5.41) is 0.747. The Labute approximate surface area is 153 Å². The summed E-state index contributed by atoms with van der Waals surface area (Å²) in [6.45, 7) is 1.97. The normalized spacial score (nSPS) is 10.8. The molecule has 0 saturated carbocycles. The molecule has 6 heteroatoms. The number of hydrogen-bond donors (Lipinski definition) is 0. The van der Waals surface area contributed by atoms with Gasteiger partial charge in [0.05, 0.1) is 26.9 Å². The van der Waals surface area contributed by atoms with Crippen LogP contribution in [0.3, 0.4) is 0 Å². The Morgan fingerprint density at radius 1 is 1.00 bits per heavy atom. The van der Waals surface area contributed by atoms with Gasteiger partial charge >= 0.3 is 0 Å². The van der Waals surface area contributed by atoms with Crippen molar-refractivity contribution in [3.05, 3.63) is 51.7 Å². The minimum Gasteiger partial charge on any atom is -0.493 e. The highest BCUT2D eigenvalue weighted by Gasteiger charge is 2.24. The van der Waals surface area contributed by atoms with Gasteiger partial charge in [0.1, 0.15) is 5.58 Å². The monoisotopic (exact) mass is 404 g/mol. The van der Waals surface area contributed by atoms with Crippen LogP contribution in [0.15, 0.2) is 39.4 Å². The van der Waals surface area contributed by atoms with Gasteiger partial charge in [-0.1, -0.05) is 12.1 Å². The van der Waals surface area contributed by atoms with E-state index < -0.39 is 0 Å². The van der Waals surface area contributed by atoms with Crippen LogP contribution in [-0.4, -0.2) is 27.1 Å². The van der Waals surface area contributed by atoms with Gasteiger partial charge in [-0.25, -0.2) is 0 Å². The summed E-state index contributed by atoms with van der Waals surface area (Å²) in [5.74, 6) is 1.08. The Hall–Kier alpha value is -2.47. The molecule has 0 amide bonds. The molecule has 25 heavy (non-hydrogen) atoms. The van der Waals surface area contributed by atoms with Crippen LogP contribution in [0.25, 0.3) is 11.0 Å². The molecule has 3 rings (SSSR count). The summed E-state index contributed by atoms with van der Waals surface area (Å²) in [5.41, 5.74) is 2.59. The Kier molecular flexibility index (Phi) is 4.72. The number of ether oxygens (including phenoxy) is 3. The van der Waals surface area contributed by atoms with E-state index in [9.17, 15) is 4.79 Å². The first-order valence-electron chi connectivity index (χ1n) is 7.53. The molecular formula is C19H17BrO5. The van der Waals surface area contributed by atoms with Gasteiger partial charge in [-0.2, -0.15) is 0 Å². The van der Waals surface area contributed by atoms with Crippen molar-refractivity contribution < 1.29 is 23.4 Å². The number of aryl methyl sites for hydroxylation is 1. The molecule has 0 aliphatic heterocycles. The molecule has 0 aliphatic rings. The summed E-state index contributed by atoms with van der Waals surface area (Å²) in [6, 6.07) is 8.97. The van der Waals surface area contributed by atoms with Crippen molar-refractivity contribution in [3.63, 3.8) is 0 Å². The SMILES string of the molecule is COc1cc(C(=O)c2c(Br)oc3cc(C)ccc23)cc(OC)c1OC. The van der Waals surface area contributed by atoms with Crippen molar-refractivity contribution in [3.8, 4) is 17.2 Å². The van der Waals surface area contributed by atoms with Gasteiger partial charge in [0.25, 0.3) is 0 Å². The van der Waals surface area contributed by atoms with Crippen LogP contribution in [0.1, 0.15) is 21.5 Å². The Bertz CT molecular complexity index is 933. The molecule has 0 saturated heterocycles. The third-order valence-corrected chi connectivity index (χ3v) is 4.51. The van der Waals surface area contributed by atoms with E-state index in [-0.39, 0.29) is 5.78 Å². The molecule has 0 unspecified atom stereocenters. The van der Waals surface area contributed by atoms with E-state index in [0.29, 0.717) is 38.6 Å². The van der Waals surface area contributed by atoms with Crippen LogP contribution in [-0.2, 0) is 0 Å². The average molecular weight is 405 g/mol. The number of halogens is 1. The predicted molar refractivity (Wildman–Crippen MR) is 98.2 cm³/mol. The second kappa shape index (κ2) is 6.80. The second-order valence-electron chi connectivity index (χ2n) is 5.49. The van der Waals surface area contributed by atoms with Crippen LogP contribution in [0, 0.1) is 6.92 Å². The molecule has 0 atom stereocenters. The second-order valence-corrected chi connectivity index (χ2v) is 6.21. The molecule has 2 aromatic carbocycles. The van der Waals surface area contributed by atoms with Crippen LogP contribution in [0.2, 0.25) is 0 Å². The summed E-state index contributed by atoms with van der Waals surface area (Å²) in [4.78, 5) is 13.1. The molecule has 0 spiro atoms. The predicted octanol–water partition coefficient (Wildman–Crippen LogP) is 4.76. The fourth-order valence-corrected chi connectivity index (χ4v) is 3.31. The van der Waals surface area contributed by atoms with Gasteiger partial charge in [-0.15, -0.1) is 0 Å². The average Bonchev–Trinajstić information content (AvgIpc) is 2.94. The van der Waals surface area contributed by atoms with Gasteiger partial charge in [-0.3, -0.25) is 4.79 Å². The number of carbonyl (C=O) groups excluding carboxylic acids is 1. The fraction of sp³-hybridized carbons (Fsp3) is 0.211. The Morgan fingerprint density at radius 2 is 1.64 bits per heavy atom. The number of rotatable bonds is 5. The zero-order valence-corrected chi connectivity index (χ0v) is 15.9. The molecule has 130 valence electrons. The maximum atomic E-state index is 13.1. The van der Waals surface area contributed by atoms with E-state index in [1.807, 2.05) is 25.1 Å². The lowest BCUT2D eigenvalue weighted by Crippen LogP contribution is -2.04. The highest BCUT2D eigenvalue weighted by molar-refractivity contribution is 9.10. The molecular weight excluding hydrogens is 388 g/mol. The first-order valence-corrected chi connectivity index (χ1v) is 8.32. The first-order chi connectivity index (χ1) is 12.0. The highest BCUT2D eigenvalue weighted by atomic mass is 79.9. The molecule has 1 heterocycles. The number of furan rings is 1. The molecule has 5 nitrogen and oxygen atoms in total. The lowest BCUT2D eigenvalue weighted by atomic mass is 10.0. The van der Waals surface area contributed by atoms with Crippen molar-refractivity contribution >= 4 is 32.7 Å². The molecule has 0 bridgehead atoms. The molecule has 3 aromatic rings. The van der Waals surface area contributed by atoms with Gasteiger partial charge in [0.2, 0.25) is 5.75 Å². The van der Waals surface area contributed by atoms with Crippen molar-refractivity contribution in [1.82, 2.24) is 0 Å². The largest absolute Gasteiger partial charge is 0.493 e. The first kappa shape index (κ1) is 17.4. The maximum Gasteiger partial charge on any atom is 0.203 e. The van der Waals surface area contributed by atoms with Crippen LogP contribution >= 0.6 is 15.9 Å². The van der Waals surface area contributed by atoms with Gasteiger partial charge in [-0.05, 0) is 46.6 Å². The van der Waals surface area contributed by atoms with Crippen molar-refractivity contribution in [2.45, 2.75) is 6.92 Å². The quantitative estimate of drug-likeness (QED) is 0.573. The van der Waals surface area contributed by atoms with E-state index in [1.165, 1.54) is 21.3 Å². The van der Waals surface area contributed by atoms with E-state index >= 15 is 0 Å². The van der Waals surface area contributed by atoms with E-state index in [1.54, 1.807) is 12.1 Å². The Morgan fingerprint density at radius 3 is 2.20 bits per heavy atom. The Balaban J connectivity index is 2.18. The van der Waals surface area contributed by atoms with Crippen molar-refractivity contribution in [2.24, 2.45) is 0 Å². The zero-order chi connectivity index (χ0) is 18.1. The summed E-state index contributed by atoms with van der Waals surface area (Å²) < 4.78 is 22.0. The van der Waals surface area contributed by atoms with E-state index in [4.69, 9.17) is 18.6 Å².